The van der Waals surface area contributed by atoms with E-state index in [4.69, 9.17) is 0 Å². The number of nitrogens with zero attached hydrogens (tertiary/aromatic N) is 3. The van der Waals surface area contributed by atoms with Gasteiger partial charge < -0.3 is 10.3 Å². The molecule has 0 spiro atoms. The van der Waals surface area contributed by atoms with Gasteiger partial charge in [0.25, 0.3) is 0 Å². The second kappa shape index (κ2) is 4.07. The summed E-state index contributed by atoms with van der Waals surface area (Å²) in [6.07, 6.45) is 6.73. The smallest absolute Gasteiger partial charge is 0.180 e. The van der Waals surface area contributed by atoms with E-state index in [1.54, 1.807) is 12.5 Å². The standard InChI is InChI=1S/C12H17N5/c1-2-12(3-5-13-6-4-12)11-16-9-7-14-8-15-10(9)17-11/h7-8,13H,2-6H2,1H3,(H,14,15,16,17). The van der Waals surface area contributed by atoms with Crippen LogP contribution in [-0.4, -0.2) is 33.0 Å². The van der Waals surface area contributed by atoms with Crippen LogP contribution in [0.3, 0.4) is 0 Å². The molecule has 1 fully saturated rings. The summed E-state index contributed by atoms with van der Waals surface area (Å²) in [5, 5.41) is 3.41. The number of hydrogen-bond acceptors (Lipinski definition) is 4. The van der Waals surface area contributed by atoms with Crippen LogP contribution in [0, 0.1) is 0 Å². The van der Waals surface area contributed by atoms with Crippen molar-refractivity contribution in [1.82, 2.24) is 25.3 Å². The third kappa shape index (κ3) is 1.70. The van der Waals surface area contributed by atoms with Crippen molar-refractivity contribution in [2.24, 2.45) is 0 Å². The van der Waals surface area contributed by atoms with Gasteiger partial charge in [0.05, 0.1) is 6.20 Å². The van der Waals surface area contributed by atoms with Crippen LogP contribution >= 0.6 is 0 Å². The Kier molecular flexibility index (Phi) is 2.55. The van der Waals surface area contributed by atoms with E-state index < -0.39 is 0 Å². The van der Waals surface area contributed by atoms with Gasteiger partial charge in [-0.15, -0.1) is 0 Å². The minimum absolute atomic E-state index is 0.186. The molecule has 0 saturated carbocycles. The van der Waals surface area contributed by atoms with Crippen LogP contribution in [0.25, 0.3) is 11.2 Å². The van der Waals surface area contributed by atoms with Gasteiger partial charge in [0.15, 0.2) is 5.65 Å². The quantitative estimate of drug-likeness (QED) is 0.819. The average Bonchev–Trinajstić information content (AvgIpc) is 2.84. The van der Waals surface area contributed by atoms with Crippen LogP contribution in [0.4, 0.5) is 0 Å². The lowest BCUT2D eigenvalue weighted by Crippen LogP contribution is -2.40. The van der Waals surface area contributed by atoms with Gasteiger partial charge >= 0.3 is 0 Å². The van der Waals surface area contributed by atoms with Crippen molar-refractivity contribution in [3.8, 4) is 0 Å². The van der Waals surface area contributed by atoms with Crippen LogP contribution in [0.15, 0.2) is 12.5 Å². The summed E-state index contributed by atoms with van der Waals surface area (Å²) in [4.78, 5) is 16.3. The Morgan fingerprint density at radius 1 is 1.35 bits per heavy atom. The molecule has 0 atom stereocenters. The highest BCUT2D eigenvalue weighted by Crippen LogP contribution is 2.35. The monoisotopic (exact) mass is 231 g/mol. The van der Waals surface area contributed by atoms with Crippen molar-refractivity contribution >= 4 is 11.2 Å². The van der Waals surface area contributed by atoms with Crippen molar-refractivity contribution < 1.29 is 0 Å². The first-order valence-corrected chi connectivity index (χ1v) is 6.21. The zero-order valence-corrected chi connectivity index (χ0v) is 10.0. The molecule has 3 rings (SSSR count). The molecular formula is C12H17N5. The van der Waals surface area contributed by atoms with Crippen LogP contribution in [0.1, 0.15) is 32.0 Å². The number of imidazole rings is 1. The minimum atomic E-state index is 0.186. The SMILES string of the molecule is CCC1(c2nc3ncncc3[nH]2)CCNCC1. The van der Waals surface area contributed by atoms with Crippen molar-refractivity contribution in [2.45, 2.75) is 31.6 Å². The van der Waals surface area contributed by atoms with E-state index in [2.05, 4.69) is 32.2 Å². The first-order chi connectivity index (χ1) is 8.34. The average molecular weight is 231 g/mol. The van der Waals surface area contributed by atoms with Crippen LogP contribution in [0.2, 0.25) is 0 Å². The molecule has 5 nitrogen and oxygen atoms in total. The van der Waals surface area contributed by atoms with Crippen molar-refractivity contribution in [3.63, 3.8) is 0 Å². The van der Waals surface area contributed by atoms with E-state index in [-0.39, 0.29) is 5.41 Å². The van der Waals surface area contributed by atoms with E-state index in [1.807, 2.05) is 0 Å². The number of aromatic nitrogens is 4. The Bertz CT molecular complexity index is 479. The van der Waals surface area contributed by atoms with E-state index in [9.17, 15) is 0 Å². The summed E-state index contributed by atoms with van der Waals surface area (Å²) in [5.74, 6) is 1.08. The van der Waals surface area contributed by atoms with Crippen LogP contribution < -0.4 is 5.32 Å². The molecule has 0 unspecified atom stereocenters. The molecule has 2 aromatic rings. The van der Waals surface area contributed by atoms with Gasteiger partial charge in [0, 0.05) is 5.41 Å². The first kappa shape index (κ1) is 10.7. The predicted molar refractivity (Wildman–Crippen MR) is 65.8 cm³/mol. The lowest BCUT2D eigenvalue weighted by atomic mass is 9.76. The van der Waals surface area contributed by atoms with Crippen LogP contribution in [-0.2, 0) is 5.41 Å². The topological polar surface area (TPSA) is 66.5 Å². The van der Waals surface area contributed by atoms with Gasteiger partial charge in [0.1, 0.15) is 17.7 Å². The maximum Gasteiger partial charge on any atom is 0.180 e. The number of H-pyrrole nitrogens is 1. The van der Waals surface area contributed by atoms with Crippen molar-refractivity contribution in [3.05, 3.63) is 18.3 Å². The largest absolute Gasteiger partial charge is 0.339 e. The maximum atomic E-state index is 4.64. The number of fused-ring (bicyclic) bond motifs is 1. The molecule has 17 heavy (non-hydrogen) atoms. The first-order valence-electron chi connectivity index (χ1n) is 6.21. The number of rotatable bonds is 2. The molecule has 0 radical (unpaired) electrons. The molecule has 90 valence electrons. The lowest BCUT2D eigenvalue weighted by molar-refractivity contribution is 0.285. The fourth-order valence-corrected chi connectivity index (χ4v) is 2.68. The highest BCUT2D eigenvalue weighted by Gasteiger charge is 2.35. The molecule has 3 heterocycles. The molecule has 2 N–H and O–H groups in total. The van der Waals surface area contributed by atoms with Gasteiger partial charge in [0.2, 0.25) is 0 Å². The van der Waals surface area contributed by atoms with E-state index in [1.165, 1.54) is 0 Å². The summed E-state index contributed by atoms with van der Waals surface area (Å²) >= 11 is 0. The number of hydrogen-bond donors (Lipinski definition) is 2. The van der Waals surface area contributed by atoms with Gasteiger partial charge in [-0.05, 0) is 32.4 Å². The Morgan fingerprint density at radius 3 is 2.88 bits per heavy atom. The molecular weight excluding hydrogens is 214 g/mol. The number of nitrogens with one attached hydrogen (secondary N) is 2. The molecule has 0 bridgehead atoms. The molecule has 1 aliphatic rings. The van der Waals surface area contributed by atoms with Gasteiger partial charge in [-0.1, -0.05) is 6.92 Å². The van der Waals surface area contributed by atoms with Crippen molar-refractivity contribution in [1.29, 1.82) is 0 Å². The second-order valence-corrected chi connectivity index (χ2v) is 4.73. The molecule has 0 aliphatic carbocycles. The van der Waals surface area contributed by atoms with Gasteiger partial charge in [-0.25, -0.2) is 15.0 Å². The van der Waals surface area contributed by atoms with E-state index in [0.717, 1.165) is 49.3 Å². The highest BCUT2D eigenvalue weighted by molar-refractivity contribution is 5.69. The number of aromatic amines is 1. The maximum absolute atomic E-state index is 4.64. The summed E-state index contributed by atoms with van der Waals surface area (Å²) in [7, 11) is 0. The molecule has 0 aromatic carbocycles. The summed E-state index contributed by atoms with van der Waals surface area (Å²) in [6.45, 7) is 4.37. The normalized spacial score (nSPS) is 19.6. The Labute approximate surface area is 100 Å². The summed E-state index contributed by atoms with van der Waals surface area (Å²) < 4.78 is 0. The number of piperidine rings is 1. The zero-order chi connectivity index (χ0) is 11.7. The lowest BCUT2D eigenvalue weighted by Gasteiger charge is -2.34. The van der Waals surface area contributed by atoms with Gasteiger partial charge in [-0.2, -0.15) is 0 Å². The van der Waals surface area contributed by atoms with E-state index >= 15 is 0 Å². The Balaban J connectivity index is 2.05. The molecule has 1 aliphatic heterocycles. The predicted octanol–water partition coefficient (Wildman–Crippen LogP) is 1.38. The fourth-order valence-electron chi connectivity index (χ4n) is 2.68. The van der Waals surface area contributed by atoms with E-state index in [0.29, 0.717) is 0 Å². The fraction of sp³-hybridized carbons (Fsp3) is 0.583. The highest BCUT2D eigenvalue weighted by atomic mass is 15.0. The Morgan fingerprint density at radius 2 is 2.18 bits per heavy atom. The Hall–Kier alpha value is -1.49. The van der Waals surface area contributed by atoms with Gasteiger partial charge in [-0.3, -0.25) is 0 Å². The molecule has 1 saturated heterocycles. The third-order valence-electron chi connectivity index (χ3n) is 3.90. The third-order valence-corrected chi connectivity index (χ3v) is 3.90. The zero-order valence-electron chi connectivity index (χ0n) is 10.0. The summed E-state index contributed by atoms with van der Waals surface area (Å²) in [5.41, 5.74) is 1.90. The van der Waals surface area contributed by atoms with Crippen molar-refractivity contribution in [2.75, 3.05) is 13.1 Å². The summed E-state index contributed by atoms with van der Waals surface area (Å²) in [6, 6.07) is 0. The molecule has 0 amide bonds. The second-order valence-electron chi connectivity index (χ2n) is 4.73. The minimum Gasteiger partial charge on any atom is -0.339 e. The molecule has 2 aromatic heterocycles. The van der Waals surface area contributed by atoms with Crippen LogP contribution in [0.5, 0.6) is 0 Å². The molecule has 5 heteroatoms.